The maximum absolute atomic E-state index is 13.2. The van der Waals surface area contributed by atoms with Gasteiger partial charge in [0.15, 0.2) is 0 Å². The molecule has 0 spiro atoms. The molecule has 2 heterocycles. The molecule has 1 aromatic heterocycles. The molecule has 11 heteroatoms. The van der Waals surface area contributed by atoms with Gasteiger partial charge in [-0.15, -0.1) is 0 Å². The van der Waals surface area contributed by atoms with Crippen LogP contribution in [0.4, 0.5) is 24.7 Å². The number of hydrogen-bond donors (Lipinski definition) is 2. The number of ether oxygens (including phenoxy) is 2. The molecule has 178 valence electrons. The Labute approximate surface area is 192 Å². The van der Waals surface area contributed by atoms with E-state index in [1.807, 2.05) is 6.07 Å². The molecule has 4 rings (SSSR count). The number of carbonyl (C=O) groups is 2. The molecule has 3 aromatic rings. The van der Waals surface area contributed by atoms with E-state index >= 15 is 0 Å². The molecule has 0 fully saturated rings. The fourth-order valence-electron chi connectivity index (χ4n) is 3.85. The maximum atomic E-state index is 13.2. The van der Waals surface area contributed by atoms with E-state index in [0.717, 1.165) is 17.7 Å². The summed E-state index contributed by atoms with van der Waals surface area (Å²) >= 11 is 0. The number of methoxy groups -OCH3 is 2. The van der Waals surface area contributed by atoms with Crippen molar-refractivity contribution in [1.29, 1.82) is 0 Å². The Morgan fingerprint density at radius 3 is 2.65 bits per heavy atom. The summed E-state index contributed by atoms with van der Waals surface area (Å²) in [5, 5.41) is 9.48. The Bertz CT molecular complexity index is 1240. The smallest absolute Gasteiger partial charge is 0.418 e. The van der Waals surface area contributed by atoms with E-state index in [9.17, 15) is 22.8 Å². The number of anilines is 2. The minimum absolute atomic E-state index is 0.139. The number of carbonyl (C=O) groups excluding carboxylic acids is 2. The van der Waals surface area contributed by atoms with E-state index in [1.165, 1.54) is 31.0 Å². The number of hydrogen-bond acceptors (Lipinski definition) is 5. The number of aromatic nitrogens is 2. The molecular formula is C23H21F3N4O4. The fraction of sp³-hybridized carbons (Fsp3) is 0.261. The van der Waals surface area contributed by atoms with E-state index in [0.29, 0.717) is 22.8 Å². The zero-order chi connectivity index (χ0) is 24.5. The molecule has 1 unspecified atom stereocenters. The number of fused-ring (bicyclic) bond motifs is 1. The van der Waals surface area contributed by atoms with E-state index in [4.69, 9.17) is 9.47 Å². The SMILES string of the molecule is COCc1nn2c(c1-c1cccc(OC)c1)NC(=O)C2CC(=O)Nc1ccccc1C(F)(F)F. The predicted molar refractivity (Wildman–Crippen MR) is 117 cm³/mol. The minimum Gasteiger partial charge on any atom is -0.497 e. The number of para-hydroxylation sites is 1. The molecule has 2 aromatic carbocycles. The molecule has 2 N–H and O–H groups in total. The molecule has 0 saturated carbocycles. The van der Waals surface area contributed by atoms with Crippen LogP contribution >= 0.6 is 0 Å². The highest BCUT2D eigenvalue weighted by molar-refractivity contribution is 6.04. The number of amides is 2. The molecule has 34 heavy (non-hydrogen) atoms. The van der Waals surface area contributed by atoms with Crippen LogP contribution in [0.3, 0.4) is 0 Å². The van der Waals surface area contributed by atoms with Crippen LogP contribution in [-0.4, -0.2) is 35.8 Å². The van der Waals surface area contributed by atoms with Gasteiger partial charge < -0.3 is 20.1 Å². The van der Waals surface area contributed by atoms with Gasteiger partial charge in [-0.3, -0.25) is 9.59 Å². The largest absolute Gasteiger partial charge is 0.497 e. The molecule has 0 bridgehead atoms. The number of benzene rings is 2. The van der Waals surface area contributed by atoms with Gasteiger partial charge >= 0.3 is 6.18 Å². The van der Waals surface area contributed by atoms with Crippen LogP contribution < -0.4 is 15.4 Å². The summed E-state index contributed by atoms with van der Waals surface area (Å²) in [7, 11) is 3.03. The lowest BCUT2D eigenvalue weighted by molar-refractivity contribution is -0.137. The van der Waals surface area contributed by atoms with Gasteiger partial charge in [0.05, 0.1) is 42.6 Å². The van der Waals surface area contributed by atoms with Crippen molar-refractivity contribution >= 4 is 23.3 Å². The highest BCUT2D eigenvalue weighted by Gasteiger charge is 2.38. The number of nitrogens with one attached hydrogen (secondary N) is 2. The van der Waals surface area contributed by atoms with Crippen LogP contribution in [0.5, 0.6) is 5.75 Å². The van der Waals surface area contributed by atoms with Crippen molar-refractivity contribution in [3.05, 3.63) is 59.8 Å². The van der Waals surface area contributed by atoms with Crippen LogP contribution in [0.1, 0.15) is 23.7 Å². The highest BCUT2D eigenvalue weighted by atomic mass is 19.4. The summed E-state index contributed by atoms with van der Waals surface area (Å²) in [6.07, 6.45) is -5.04. The van der Waals surface area contributed by atoms with Crippen molar-refractivity contribution < 1.29 is 32.2 Å². The first-order chi connectivity index (χ1) is 16.2. The summed E-state index contributed by atoms with van der Waals surface area (Å²) in [5.41, 5.74) is 0.507. The van der Waals surface area contributed by atoms with Crippen LogP contribution in [0.15, 0.2) is 48.5 Å². The van der Waals surface area contributed by atoms with Crippen LogP contribution in [0, 0.1) is 0 Å². The van der Waals surface area contributed by atoms with Crippen LogP contribution in [0.2, 0.25) is 0 Å². The Balaban J connectivity index is 1.63. The Morgan fingerprint density at radius 1 is 1.18 bits per heavy atom. The fourth-order valence-corrected chi connectivity index (χ4v) is 3.85. The van der Waals surface area contributed by atoms with E-state index in [2.05, 4.69) is 15.7 Å². The maximum Gasteiger partial charge on any atom is 0.418 e. The van der Waals surface area contributed by atoms with E-state index in [1.54, 1.807) is 18.2 Å². The zero-order valence-corrected chi connectivity index (χ0v) is 18.3. The van der Waals surface area contributed by atoms with Crippen molar-refractivity contribution in [3.8, 4) is 16.9 Å². The Morgan fingerprint density at radius 2 is 1.94 bits per heavy atom. The zero-order valence-electron chi connectivity index (χ0n) is 18.3. The first kappa shape index (κ1) is 23.3. The number of nitrogens with zero attached hydrogens (tertiary/aromatic N) is 2. The van der Waals surface area contributed by atoms with E-state index < -0.39 is 36.0 Å². The van der Waals surface area contributed by atoms with Crippen molar-refractivity contribution in [2.24, 2.45) is 0 Å². The summed E-state index contributed by atoms with van der Waals surface area (Å²) in [6.45, 7) is 0.139. The Hall–Kier alpha value is -3.86. The highest BCUT2D eigenvalue weighted by Crippen LogP contribution is 2.40. The number of halogens is 3. The summed E-state index contributed by atoms with van der Waals surface area (Å²) in [6, 6.07) is 10.8. The molecule has 0 saturated heterocycles. The standard InChI is InChI=1S/C23H21F3N4O4/c1-33-12-17-20(13-6-5-7-14(10-13)34-2)21-28-22(32)18(30(21)29-17)11-19(31)27-16-9-4-3-8-15(16)23(24,25)26/h3-10,18H,11-12H2,1-2H3,(H,27,31)(H,28,32). The normalized spacial score (nSPS) is 15.1. The molecule has 0 aliphatic carbocycles. The number of rotatable bonds is 7. The van der Waals surface area contributed by atoms with Gasteiger partial charge in [0.1, 0.15) is 17.6 Å². The first-order valence-electron chi connectivity index (χ1n) is 10.2. The van der Waals surface area contributed by atoms with Gasteiger partial charge in [-0.05, 0) is 29.8 Å². The topological polar surface area (TPSA) is 94.5 Å². The second-order valence-corrected chi connectivity index (χ2v) is 7.58. The van der Waals surface area contributed by atoms with E-state index in [-0.39, 0.29) is 12.3 Å². The Kier molecular flexibility index (Phi) is 6.29. The molecule has 1 aliphatic rings. The molecular weight excluding hydrogens is 453 g/mol. The summed E-state index contributed by atoms with van der Waals surface area (Å²) < 4.78 is 51.6. The quantitative estimate of drug-likeness (QED) is 0.534. The van der Waals surface area contributed by atoms with Gasteiger partial charge in [-0.1, -0.05) is 24.3 Å². The van der Waals surface area contributed by atoms with Crippen molar-refractivity contribution in [2.45, 2.75) is 25.2 Å². The van der Waals surface area contributed by atoms with Crippen molar-refractivity contribution in [3.63, 3.8) is 0 Å². The predicted octanol–water partition coefficient (Wildman–Crippen LogP) is 4.25. The van der Waals surface area contributed by atoms with Crippen LogP contribution in [0.25, 0.3) is 11.1 Å². The average Bonchev–Trinajstić information content (AvgIpc) is 3.28. The molecule has 8 nitrogen and oxygen atoms in total. The third-order valence-corrected chi connectivity index (χ3v) is 5.35. The van der Waals surface area contributed by atoms with Gasteiger partial charge in [-0.2, -0.15) is 18.3 Å². The second kappa shape index (κ2) is 9.18. The minimum atomic E-state index is -4.63. The average molecular weight is 474 g/mol. The lowest BCUT2D eigenvalue weighted by atomic mass is 10.1. The van der Waals surface area contributed by atoms with Crippen molar-refractivity contribution in [2.75, 3.05) is 24.9 Å². The third-order valence-electron chi connectivity index (χ3n) is 5.35. The van der Waals surface area contributed by atoms with Gasteiger partial charge in [0.2, 0.25) is 5.91 Å². The van der Waals surface area contributed by atoms with Gasteiger partial charge in [0, 0.05) is 7.11 Å². The lowest BCUT2D eigenvalue weighted by Crippen LogP contribution is -2.24. The van der Waals surface area contributed by atoms with Gasteiger partial charge in [0.25, 0.3) is 5.91 Å². The summed E-state index contributed by atoms with van der Waals surface area (Å²) in [4.78, 5) is 25.3. The number of alkyl halides is 3. The lowest BCUT2D eigenvalue weighted by Gasteiger charge is -2.14. The second-order valence-electron chi connectivity index (χ2n) is 7.58. The van der Waals surface area contributed by atoms with Crippen LogP contribution in [-0.2, 0) is 27.1 Å². The van der Waals surface area contributed by atoms with Crippen molar-refractivity contribution in [1.82, 2.24) is 9.78 Å². The third kappa shape index (κ3) is 4.46. The molecule has 0 radical (unpaired) electrons. The molecule has 2 amide bonds. The first-order valence-corrected chi connectivity index (χ1v) is 10.2. The molecule has 1 atom stereocenters. The summed E-state index contributed by atoms with van der Waals surface area (Å²) in [5.74, 6) is -0.269. The molecule has 1 aliphatic heterocycles. The monoisotopic (exact) mass is 474 g/mol. The van der Waals surface area contributed by atoms with Gasteiger partial charge in [-0.25, -0.2) is 4.68 Å².